The van der Waals surface area contributed by atoms with Gasteiger partial charge in [0.25, 0.3) is 0 Å². The minimum absolute atomic E-state index is 0.0934. The topological polar surface area (TPSA) is 210 Å². The van der Waals surface area contributed by atoms with Crippen molar-refractivity contribution in [2.24, 2.45) is 0 Å². The first kappa shape index (κ1) is 61.8. The zero-order valence-corrected chi connectivity index (χ0v) is 41.9. The molecule has 0 aromatic rings. The molecule has 6 N–H and O–H groups in total. The highest BCUT2D eigenvalue weighted by Gasteiger charge is 2.51. The monoisotopic (exact) mass is 957 g/mol. The molecule has 0 radical (unpaired) electrons. The number of carbonyl (C=O) groups is 2. The van der Waals surface area contributed by atoms with Crippen LogP contribution in [0.5, 0.6) is 0 Å². The number of aliphatic hydroxyl groups excluding tert-OH is 5. The number of aliphatic hydroxyl groups is 5. The van der Waals surface area contributed by atoms with E-state index in [1.165, 1.54) is 109 Å². The van der Waals surface area contributed by atoms with Crippen LogP contribution in [-0.4, -0.2) is 98.3 Å². The fraction of sp³-hybridized carbons (Fsp3) is 0.808. The Morgan fingerprint density at radius 1 is 0.485 bits per heavy atom. The Bertz CT molecular complexity index is 1340. The van der Waals surface area contributed by atoms with Gasteiger partial charge in [-0.25, -0.2) is 4.57 Å². The molecule has 0 aliphatic heterocycles. The van der Waals surface area contributed by atoms with Crippen molar-refractivity contribution in [3.8, 4) is 0 Å². The predicted molar refractivity (Wildman–Crippen MR) is 263 cm³/mol. The molecule has 8 atom stereocenters. The Labute approximate surface area is 399 Å². The number of allylic oxidation sites excluding steroid dienone is 8. The Morgan fingerprint density at radius 2 is 0.864 bits per heavy atom. The maximum absolute atomic E-state index is 12.8. The van der Waals surface area contributed by atoms with Crippen LogP contribution in [0, 0.1) is 0 Å². The number of ether oxygens (including phenoxy) is 2. The summed E-state index contributed by atoms with van der Waals surface area (Å²) >= 11 is 0. The van der Waals surface area contributed by atoms with Gasteiger partial charge in [-0.2, -0.15) is 0 Å². The predicted octanol–water partition coefficient (Wildman–Crippen LogP) is 11.1. The number of hydrogen-bond acceptors (Lipinski definition) is 12. The summed E-state index contributed by atoms with van der Waals surface area (Å²) in [5.41, 5.74) is 0. The fourth-order valence-corrected chi connectivity index (χ4v) is 8.86. The van der Waals surface area contributed by atoms with Gasteiger partial charge < -0.3 is 39.9 Å². The van der Waals surface area contributed by atoms with E-state index in [1.54, 1.807) is 0 Å². The van der Waals surface area contributed by atoms with Crippen LogP contribution in [0.1, 0.15) is 213 Å². The van der Waals surface area contributed by atoms with Crippen LogP contribution in [0.25, 0.3) is 0 Å². The summed E-state index contributed by atoms with van der Waals surface area (Å²) in [6.07, 6.45) is 37.4. The highest BCUT2D eigenvalue weighted by Crippen LogP contribution is 2.47. The van der Waals surface area contributed by atoms with Gasteiger partial charge in [-0.1, -0.05) is 217 Å². The number of phosphoric ester groups is 1. The van der Waals surface area contributed by atoms with E-state index in [-0.39, 0.29) is 12.8 Å². The Hall–Kier alpha value is -2.19. The first-order valence-electron chi connectivity index (χ1n) is 26.0. The molecule has 66 heavy (non-hydrogen) atoms. The molecule has 6 unspecified atom stereocenters. The lowest BCUT2D eigenvalue weighted by Gasteiger charge is -2.41. The molecule has 0 aromatic carbocycles. The highest BCUT2D eigenvalue weighted by molar-refractivity contribution is 7.47. The number of esters is 2. The van der Waals surface area contributed by atoms with Gasteiger partial charge in [0.15, 0.2) is 6.10 Å². The molecule has 0 spiro atoms. The molecule has 1 aliphatic rings. The summed E-state index contributed by atoms with van der Waals surface area (Å²) in [6.45, 7) is 3.17. The van der Waals surface area contributed by atoms with Crippen LogP contribution in [0.2, 0.25) is 0 Å². The molecule has 14 heteroatoms. The maximum atomic E-state index is 12.8. The van der Waals surface area contributed by atoms with Gasteiger partial charge in [-0.15, -0.1) is 0 Å². The summed E-state index contributed by atoms with van der Waals surface area (Å²) in [6, 6.07) is 0. The van der Waals surface area contributed by atoms with Crippen LogP contribution in [0.4, 0.5) is 0 Å². The van der Waals surface area contributed by atoms with Crippen molar-refractivity contribution in [1.29, 1.82) is 0 Å². The summed E-state index contributed by atoms with van der Waals surface area (Å²) < 4.78 is 33.6. The second-order valence-corrected chi connectivity index (χ2v) is 19.5. The van der Waals surface area contributed by atoms with Gasteiger partial charge >= 0.3 is 19.8 Å². The lowest BCUT2D eigenvalue weighted by atomic mass is 9.85. The molecule has 0 bridgehead atoms. The summed E-state index contributed by atoms with van der Waals surface area (Å²) in [7, 11) is -5.13. The van der Waals surface area contributed by atoms with E-state index >= 15 is 0 Å². The lowest BCUT2D eigenvalue weighted by molar-refractivity contribution is -0.220. The van der Waals surface area contributed by atoms with Crippen molar-refractivity contribution in [3.05, 3.63) is 48.6 Å². The van der Waals surface area contributed by atoms with Crippen LogP contribution in [-0.2, 0) is 32.7 Å². The number of rotatable bonds is 43. The molecule has 0 aromatic heterocycles. The first-order valence-corrected chi connectivity index (χ1v) is 27.5. The van der Waals surface area contributed by atoms with Gasteiger partial charge in [0, 0.05) is 12.8 Å². The van der Waals surface area contributed by atoms with Gasteiger partial charge in [0.2, 0.25) is 0 Å². The molecule has 13 nitrogen and oxygen atoms in total. The second kappa shape index (κ2) is 41.8. The third kappa shape index (κ3) is 33.3. The Morgan fingerprint density at radius 3 is 1.32 bits per heavy atom. The van der Waals surface area contributed by atoms with Gasteiger partial charge in [0.05, 0.1) is 6.61 Å². The third-order valence-corrected chi connectivity index (χ3v) is 13.0. The molecule has 1 saturated carbocycles. The van der Waals surface area contributed by atoms with E-state index in [0.717, 1.165) is 64.2 Å². The first-order chi connectivity index (χ1) is 31.9. The zero-order chi connectivity index (χ0) is 48.5. The number of hydrogen-bond donors (Lipinski definition) is 6. The fourth-order valence-electron chi connectivity index (χ4n) is 7.89. The average molecular weight is 957 g/mol. The molecule has 0 saturated heterocycles. The van der Waals surface area contributed by atoms with Gasteiger partial charge in [-0.05, 0) is 32.1 Å². The van der Waals surface area contributed by atoms with E-state index in [4.69, 9.17) is 18.5 Å². The molecule has 0 heterocycles. The summed E-state index contributed by atoms with van der Waals surface area (Å²) in [5.74, 6) is -1.12. The lowest BCUT2D eigenvalue weighted by Crippen LogP contribution is -2.64. The van der Waals surface area contributed by atoms with E-state index in [2.05, 4.69) is 26.0 Å². The Kier molecular flexibility index (Phi) is 39.1. The van der Waals surface area contributed by atoms with Gasteiger partial charge in [-0.3, -0.25) is 18.6 Å². The molecular formula is C52H93O13P. The smallest absolute Gasteiger partial charge is 0.462 e. The van der Waals surface area contributed by atoms with E-state index in [9.17, 15) is 44.6 Å². The molecule has 384 valence electrons. The van der Waals surface area contributed by atoms with Crippen molar-refractivity contribution >= 4 is 19.8 Å². The van der Waals surface area contributed by atoms with E-state index in [0.29, 0.717) is 12.8 Å². The van der Waals surface area contributed by atoms with E-state index < -0.39 is 75.7 Å². The van der Waals surface area contributed by atoms with Crippen LogP contribution < -0.4 is 0 Å². The minimum Gasteiger partial charge on any atom is -0.462 e. The van der Waals surface area contributed by atoms with Crippen molar-refractivity contribution in [2.45, 2.75) is 256 Å². The van der Waals surface area contributed by atoms with Crippen molar-refractivity contribution in [1.82, 2.24) is 0 Å². The van der Waals surface area contributed by atoms with Crippen molar-refractivity contribution < 1.29 is 63.1 Å². The maximum Gasteiger partial charge on any atom is 0.472 e. The average Bonchev–Trinajstić information content (AvgIpc) is 3.30. The van der Waals surface area contributed by atoms with Crippen molar-refractivity contribution in [2.75, 3.05) is 13.2 Å². The molecule has 0 amide bonds. The molecule has 1 aliphatic carbocycles. The Balaban J connectivity index is 2.38. The van der Waals surface area contributed by atoms with Crippen LogP contribution in [0.15, 0.2) is 48.6 Å². The summed E-state index contributed by atoms with van der Waals surface area (Å²) in [5, 5.41) is 50.3. The number of phosphoric acid groups is 1. The number of carbonyl (C=O) groups excluding carboxylic acids is 2. The standard InChI is InChI=1S/C52H93O13P/c1-3-5-7-9-11-13-15-17-19-20-21-22-23-24-25-27-29-31-33-35-37-39-41-46(54)64-44(43-63-66(60,61)65-52-50(58)48(56)47(55)49(57)51(52)59)42-62-45(53)40-38-36-34-32-30-28-26-18-16-14-12-10-8-6-4-2/h6,8,10,12,14,16,18,26,44,47-52,55-59H,3-5,7,9,11,13,15,17,19-25,27-43H2,1-2H3,(H,60,61)/b8-6+,12-10+,16-14+,26-18+/t44-,47?,48-,49?,50?,51?,52?/m1/s1. The highest BCUT2D eigenvalue weighted by atomic mass is 31.2. The largest absolute Gasteiger partial charge is 0.472 e. The van der Waals surface area contributed by atoms with E-state index in [1.807, 2.05) is 36.5 Å². The summed E-state index contributed by atoms with van der Waals surface area (Å²) in [4.78, 5) is 35.8. The molecular weight excluding hydrogens is 864 g/mol. The van der Waals surface area contributed by atoms with Crippen molar-refractivity contribution in [3.63, 3.8) is 0 Å². The van der Waals surface area contributed by atoms with Crippen LogP contribution >= 0.6 is 7.82 Å². The quantitative estimate of drug-likeness (QED) is 0.0146. The number of unbranched alkanes of at least 4 members (excludes halogenated alkanes) is 26. The zero-order valence-electron chi connectivity index (χ0n) is 41.0. The normalized spacial score (nSPS) is 21.6. The molecule has 1 rings (SSSR count). The SMILES string of the molecule is CC/C=C/C=C/C=C/C=C/CCCCCCCC(=O)OC[C@H](COP(=O)(O)OC1C(O)C(O)C(O)[C@@H](O)C1O)OC(=O)CCCCCCCCCCCCCCCCCCCCCCCC. The van der Waals surface area contributed by atoms with Crippen LogP contribution in [0.3, 0.4) is 0 Å². The van der Waals surface area contributed by atoms with Gasteiger partial charge in [0.1, 0.15) is 43.2 Å². The second-order valence-electron chi connectivity index (χ2n) is 18.1. The third-order valence-electron chi connectivity index (χ3n) is 12.0. The minimum atomic E-state index is -5.13. The molecule has 1 fully saturated rings.